The molecule has 5 heteroatoms. The largest absolute Gasteiger partial charge is 0.376 e. The van der Waals surface area contributed by atoms with Crippen LogP contribution in [0.25, 0.3) is 0 Å². The van der Waals surface area contributed by atoms with Crippen LogP contribution in [0, 0.1) is 0 Å². The number of amides is 2. The van der Waals surface area contributed by atoms with Gasteiger partial charge in [0.15, 0.2) is 0 Å². The molecule has 2 amide bonds. The summed E-state index contributed by atoms with van der Waals surface area (Å²) in [6.45, 7) is 3.95. The number of hydrogen-bond donors (Lipinski definition) is 1. The number of hydrogen-bond acceptors (Lipinski definition) is 3. The number of anilines is 1. The molecule has 1 N–H and O–H groups in total. The number of benzene rings is 1. The molecule has 0 saturated carbocycles. The Morgan fingerprint density at radius 3 is 3.05 bits per heavy atom. The summed E-state index contributed by atoms with van der Waals surface area (Å²) >= 11 is 0. The van der Waals surface area contributed by atoms with Crippen molar-refractivity contribution in [3.05, 3.63) is 29.3 Å². The maximum absolute atomic E-state index is 12.2. The van der Waals surface area contributed by atoms with E-state index in [9.17, 15) is 9.59 Å². The first-order valence-corrected chi connectivity index (χ1v) is 7.52. The van der Waals surface area contributed by atoms with Crippen LogP contribution in [0.2, 0.25) is 0 Å². The number of carbonyl (C=O) groups excluding carboxylic acids is 2. The van der Waals surface area contributed by atoms with Gasteiger partial charge < -0.3 is 15.0 Å². The first-order chi connectivity index (χ1) is 10.2. The highest BCUT2D eigenvalue weighted by molar-refractivity contribution is 6.03. The number of likely N-dealkylation sites (N-methyl/N-ethyl adjacent to an activating group) is 1. The molecule has 0 aliphatic carbocycles. The second-order valence-corrected chi connectivity index (χ2v) is 5.50. The molecule has 0 radical (unpaired) electrons. The van der Waals surface area contributed by atoms with Gasteiger partial charge in [-0.1, -0.05) is 0 Å². The van der Waals surface area contributed by atoms with Gasteiger partial charge in [0.05, 0.1) is 12.5 Å². The summed E-state index contributed by atoms with van der Waals surface area (Å²) in [5, 5.41) is 2.91. The normalized spacial score (nSPS) is 20.7. The van der Waals surface area contributed by atoms with Gasteiger partial charge in [-0.05, 0) is 43.5 Å². The molecule has 2 aliphatic rings. The van der Waals surface area contributed by atoms with Crippen LogP contribution in [0.1, 0.15) is 35.7 Å². The van der Waals surface area contributed by atoms with E-state index < -0.39 is 0 Å². The first-order valence-electron chi connectivity index (χ1n) is 7.52. The Morgan fingerprint density at radius 2 is 2.33 bits per heavy atom. The lowest BCUT2D eigenvalue weighted by molar-refractivity contribution is -0.117. The highest BCUT2D eigenvalue weighted by Crippen LogP contribution is 2.29. The summed E-state index contributed by atoms with van der Waals surface area (Å²) in [6, 6.07) is 5.48. The fraction of sp³-hybridized carbons (Fsp3) is 0.500. The summed E-state index contributed by atoms with van der Waals surface area (Å²) in [5.41, 5.74) is 2.47. The molecule has 0 aromatic heterocycles. The molecule has 1 atom stereocenters. The van der Waals surface area contributed by atoms with E-state index in [1.807, 2.05) is 19.1 Å². The van der Waals surface area contributed by atoms with Gasteiger partial charge in [0.1, 0.15) is 0 Å². The topological polar surface area (TPSA) is 58.6 Å². The Morgan fingerprint density at radius 1 is 1.48 bits per heavy atom. The molecule has 2 aliphatic heterocycles. The summed E-state index contributed by atoms with van der Waals surface area (Å²) in [6.07, 6.45) is 2.59. The third-order valence-corrected chi connectivity index (χ3v) is 4.11. The van der Waals surface area contributed by atoms with Crippen molar-refractivity contribution in [2.45, 2.75) is 32.3 Å². The van der Waals surface area contributed by atoms with Crippen LogP contribution in [0.15, 0.2) is 18.2 Å². The minimum atomic E-state index is -0.101. The molecule has 1 aromatic rings. The molecular weight excluding hydrogens is 268 g/mol. The lowest BCUT2D eigenvalue weighted by Crippen LogP contribution is -2.31. The number of ether oxygens (including phenoxy) is 1. The van der Waals surface area contributed by atoms with Crippen molar-refractivity contribution in [3.63, 3.8) is 0 Å². The van der Waals surface area contributed by atoms with Gasteiger partial charge in [0.2, 0.25) is 5.91 Å². The number of rotatable bonds is 4. The second-order valence-electron chi connectivity index (χ2n) is 5.50. The monoisotopic (exact) mass is 288 g/mol. The van der Waals surface area contributed by atoms with Gasteiger partial charge in [-0.25, -0.2) is 0 Å². The molecule has 1 saturated heterocycles. The van der Waals surface area contributed by atoms with Crippen molar-refractivity contribution in [2.75, 3.05) is 24.6 Å². The SMILES string of the molecule is CCN1C(=O)Cc2cc(C(=O)NCC3CCCO3)ccc21. The quantitative estimate of drug-likeness (QED) is 0.913. The highest BCUT2D eigenvalue weighted by Gasteiger charge is 2.26. The van der Waals surface area contributed by atoms with Gasteiger partial charge in [-0.2, -0.15) is 0 Å². The van der Waals surface area contributed by atoms with Gasteiger partial charge in [0.25, 0.3) is 5.91 Å². The number of nitrogens with one attached hydrogen (secondary N) is 1. The van der Waals surface area contributed by atoms with Crippen LogP contribution in [0.3, 0.4) is 0 Å². The van der Waals surface area contributed by atoms with E-state index in [0.29, 0.717) is 25.1 Å². The van der Waals surface area contributed by atoms with Crippen LogP contribution in [-0.4, -0.2) is 37.6 Å². The Hall–Kier alpha value is -1.88. The average Bonchev–Trinajstić information content (AvgIpc) is 3.10. The van der Waals surface area contributed by atoms with E-state index >= 15 is 0 Å². The zero-order valence-electron chi connectivity index (χ0n) is 12.2. The molecule has 3 rings (SSSR count). The summed E-state index contributed by atoms with van der Waals surface area (Å²) in [5.74, 6) is 0.000103. The van der Waals surface area contributed by atoms with Crippen molar-refractivity contribution in [1.82, 2.24) is 5.32 Å². The minimum absolute atomic E-state index is 0.101. The molecule has 1 aromatic carbocycles. The molecule has 5 nitrogen and oxygen atoms in total. The molecule has 0 spiro atoms. The Balaban J connectivity index is 1.68. The van der Waals surface area contributed by atoms with Crippen LogP contribution in [-0.2, 0) is 16.0 Å². The summed E-state index contributed by atoms with van der Waals surface area (Å²) in [7, 11) is 0. The Labute approximate surface area is 124 Å². The van der Waals surface area contributed by atoms with Crippen molar-refractivity contribution < 1.29 is 14.3 Å². The number of fused-ring (bicyclic) bond motifs is 1. The predicted octanol–water partition coefficient (Wildman–Crippen LogP) is 1.50. The average molecular weight is 288 g/mol. The van der Waals surface area contributed by atoms with Crippen molar-refractivity contribution in [1.29, 1.82) is 0 Å². The zero-order valence-corrected chi connectivity index (χ0v) is 12.2. The molecule has 1 fully saturated rings. The predicted molar refractivity (Wildman–Crippen MR) is 79.5 cm³/mol. The third-order valence-electron chi connectivity index (χ3n) is 4.11. The van der Waals surface area contributed by atoms with E-state index in [-0.39, 0.29) is 17.9 Å². The second kappa shape index (κ2) is 5.85. The van der Waals surface area contributed by atoms with Crippen molar-refractivity contribution in [3.8, 4) is 0 Å². The number of nitrogens with zero attached hydrogens (tertiary/aromatic N) is 1. The fourth-order valence-corrected chi connectivity index (χ4v) is 2.98. The Bertz CT molecular complexity index is 565. The maximum Gasteiger partial charge on any atom is 0.251 e. The summed E-state index contributed by atoms with van der Waals surface area (Å²) in [4.78, 5) is 25.8. The standard InChI is InChI=1S/C16H20N2O3/c1-2-18-14-6-5-11(8-12(14)9-15(18)19)16(20)17-10-13-4-3-7-21-13/h5-6,8,13H,2-4,7,9-10H2,1H3,(H,17,20). The molecule has 2 heterocycles. The van der Waals surface area contributed by atoms with E-state index in [2.05, 4.69) is 5.32 Å². The van der Waals surface area contributed by atoms with Crippen LogP contribution in [0.4, 0.5) is 5.69 Å². The van der Waals surface area contributed by atoms with Crippen LogP contribution in [0.5, 0.6) is 0 Å². The molecule has 0 bridgehead atoms. The van der Waals surface area contributed by atoms with E-state index in [0.717, 1.165) is 30.7 Å². The summed E-state index contributed by atoms with van der Waals surface area (Å²) < 4.78 is 5.49. The Kier molecular flexibility index (Phi) is 3.92. The third kappa shape index (κ3) is 2.78. The van der Waals surface area contributed by atoms with E-state index in [4.69, 9.17) is 4.74 Å². The lowest BCUT2D eigenvalue weighted by atomic mass is 10.1. The smallest absolute Gasteiger partial charge is 0.251 e. The zero-order chi connectivity index (χ0) is 14.8. The van der Waals surface area contributed by atoms with Crippen molar-refractivity contribution in [2.24, 2.45) is 0 Å². The van der Waals surface area contributed by atoms with Gasteiger partial charge >= 0.3 is 0 Å². The van der Waals surface area contributed by atoms with E-state index in [1.165, 1.54) is 0 Å². The molecular formula is C16H20N2O3. The van der Waals surface area contributed by atoms with Crippen LogP contribution < -0.4 is 10.2 Å². The van der Waals surface area contributed by atoms with Gasteiger partial charge in [-0.3, -0.25) is 9.59 Å². The fourth-order valence-electron chi connectivity index (χ4n) is 2.98. The molecule has 21 heavy (non-hydrogen) atoms. The first kappa shape index (κ1) is 14.1. The molecule has 1 unspecified atom stereocenters. The number of carbonyl (C=O) groups is 2. The van der Waals surface area contributed by atoms with E-state index in [1.54, 1.807) is 11.0 Å². The van der Waals surface area contributed by atoms with Gasteiger partial charge in [0, 0.05) is 30.9 Å². The van der Waals surface area contributed by atoms with Crippen molar-refractivity contribution >= 4 is 17.5 Å². The van der Waals surface area contributed by atoms with Gasteiger partial charge in [-0.15, -0.1) is 0 Å². The molecule has 112 valence electrons. The highest BCUT2D eigenvalue weighted by atomic mass is 16.5. The minimum Gasteiger partial charge on any atom is -0.376 e. The lowest BCUT2D eigenvalue weighted by Gasteiger charge is -2.15. The van der Waals surface area contributed by atoms with Crippen LogP contribution >= 0.6 is 0 Å². The maximum atomic E-state index is 12.2.